The number of nitrogens with two attached hydrogens (primary N) is 1. The van der Waals surface area contributed by atoms with Gasteiger partial charge in [-0.25, -0.2) is 0 Å². The van der Waals surface area contributed by atoms with Crippen LogP contribution in [-0.4, -0.2) is 0 Å². The summed E-state index contributed by atoms with van der Waals surface area (Å²) in [5.41, 5.74) is 10.8. The van der Waals surface area contributed by atoms with Crippen LogP contribution in [0.2, 0.25) is 10.0 Å². The molecule has 1 atom stereocenters. The highest BCUT2D eigenvalue weighted by Crippen LogP contribution is 2.46. The van der Waals surface area contributed by atoms with E-state index in [-0.39, 0.29) is 11.8 Å². The van der Waals surface area contributed by atoms with Crippen LogP contribution in [0.5, 0.6) is 0 Å². The van der Waals surface area contributed by atoms with Crippen LogP contribution in [-0.2, 0) is 4.74 Å². The molecule has 0 saturated carbocycles. The van der Waals surface area contributed by atoms with Crippen LogP contribution < -0.4 is 5.73 Å². The molecule has 1 aliphatic heterocycles. The summed E-state index contributed by atoms with van der Waals surface area (Å²) in [6.07, 6.45) is 4.85. The van der Waals surface area contributed by atoms with Crippen molar-refractivity contribution in [3.05, 3.63) is 98.1 Å². The summed E-state index contributed by atoms with van der Waals surface area (Å²) in [7, 11) is 0. The van der Waals surface area contributed by atoms with Crippen LogP contribution in [0.15, 0.2) is 76.9 Å². The van der Waals surface area contributed by atoms with Gasteiger partial charge in [0.2, 0.25) is 5.88 Å². The highest BCUT2D eigenvalue weighted by atomic mass is 35.5. The molecule has 0 amide bonds. The van der Waals surface area contributed by atoms with Gasteiger partial charge >= 0.3 is 0 Å². The van der Waals surface area contributed by atoms with E-state index in [9.17, 15) is 5.26 Å². The third kappa shape index (κ3) is 3.54. The Bertz CT molecular complexity index is 1040. The molecule has 1 heterocycles. The van der Waals surface area contributed by atoms with E-state index in [4.69, 9.17) is 33.7 Å². The quantitative estimate of drug-likeness (QED) is 0.631. The van der Waals surface area contributed by atoms with Crippen molar-refractivity contribution in [3.8, 4) is 6.07 Å². The monoisotopic (exact) mass is 408 g/mol. The normalized spacial score (nSPS) is 20.6. The summed E-state index contributed by atoms with van der Waals surface area (Å²) in [5, 5.41) is 11.1. The Morgan fingerprint density at radius 1 is 1.00 bits per heavy atom. The fraction of sp³-hybridized carbons (Fsp3) is 0.174. The van der Waals surface area contributed by atoms with Crippen molar-refractivity contribution in [2.45, 2.75) is 25.2 Å². The smallest absolute Gasteiger partial charge is 0.205 e. The van der Waals surface area contributed by atoms with Gasteiger partial charge in [0.05, 0.1) is 0 Å². The Hall–Kier alpha value is -2.67. The van der Waals surface area contributed by atoms with E-state index in [1.807, 2.05) is 48.5 Å². The first kappa shape index (κ1) is 18.7. The van der Waals surface area contributed by atoms with Gasteiger partial charge in [-0.15, -0.1) is 0 Å². The summed E-state index contributed by atoms with van der Waals surface area (Å²) in [4.78, 5) is 0. The number of nitrogens with zero attached hydrogens (tertiary/aromatic N) is 1. The van der Waals surface area contributed by atoms with E-state index < -0.39 is 0 Å². The molecule has 5 heteroatoms. The standard InChI is InChI=1S/C23H18Cl2N2O/c24-17-8-4-14(5-9-17)12-16-2-1-3-19-21(15-6-10-18(25)11-7-15)20(13-26)23(27)28-22(16)19/h4-12,21H,1-3,27H2. The Morgan fingerprint density at radius 2 is 1.64 bits per heavy atom. The zero-order valence-corrected chi connectivity index (χ0v) is 16.6. The van der Waals surface area contributed by atoms with Gasteiger partial charge in [-0.1, -0.05) is 47.5 Å². The van der Waals surface area contributed by atoms with Crippen molar-refractivity contribution >= 4 is 29.3 Å². The van der Waals surface area contributed by atoms with Crippen molar-refractivity contribution in [2.24, 2.45) is 5.73 Å². The lowest BCUT2D eigenvalue weighted by atomic mass is 9.77. The molecule has 0 saturated heterocycles. The number of allylic oxidation sites excluding steroid dienone is 3. The second-order valence-electron chi connectivity index (χ2n) is 6.91. The van der Waals surface area contributed by atoms with Crippen LogP contribution in [0.4, 0.5) is 0 Å². The molecule has 140 valence electrons. The largest absolute Gasteiger partial charge is 0.440 e. The SMILES string of the molecule is N#CC1=C(N)OC2=C(CCCC2=Cc2ccc(Cl)cc2)C1c1ccc(Cl)cc1. The van der Waals surface area contributed by atoms with E-state index in [0.29, 0.717) is 15.6 Å². The third-order valence-electron chi connectivity index (χ3n) is 5.12. The van der Waals surface area contributed by atoms with Crippen molar-refractivity contribution in [3.63, 3.8) is 0 Å². The Morgan fingerprint density at radius 3 is 2.29 bits per heavy atom. The molecule has 0 bridgehead atoms. The summed E-state index contributed by atoms with van der Waals surface area (Å²) in [6.45, 7) is 0. The first-order valence-corrected chi connectivity index (χ1v) is 9.85. The molecule has 1 unspecified atom stereocenters. The predicted octanol–water partition coefficient (Wildman–Crippen LogP) is 6.32. The zero-order valence-electron chi connectivity index (χ0n) is 15.1. The van der Waals surface area contributed by atoms with E-state index >= 15 is 0 Å². The average molecular weight is 409 g/mol. The molecule has 0 aromatic heterocycles. The second-order valence-corrected chi connectivity index (χ2v) is 7.78. The van der Waals surface area contributed by atoms with Gasteiger partial charge in [-0.2, -0.15) is 5.26 Å². The number of hydrogen-bond donors (Lipinski definition) is 1. The molecule has 0 spiro atoms. The average Bonchev–Trinajstić information content (AvgIpc) is 2.70. The lowest BCUT2D eigenvalue weighted by Crippen LogP contribution is -2.23. The summed E-state index contributed by atoms with van der Waals surface area (Å²) in [5.74, 6) is 0.752. The van der Waals surface area contributed by atoms with Crippen LogP contribution in [0.1, 0.15) is 36.3 Å². The van der Waals surface area contributed by atoms with Gasteiger partial charge < -0.3 is 10.5 Å². The van der Waals surface area contributed by atoms with Gasteiger partial charge in [0, 0.05) is 16.0 Å². The van der Waals surface area contributed by atoms with Gasteiger partial charge in [0.1, 0.15) is 17.4 Å². The maximum Gasteiger partial charge on any atom is 0.205 e. The Labute approximate surface area is 174 Å². The first-order chi connectivity index (χ1) is 13.6. The van der Waals surface area contributed by atoms with Crippen molar-refractivity contribution in [1.82, 2.24) is 0 Å². The highest BCUT2D eigenvalue weighted by Gasteiger charge is 2.35. The Balaban J connectivity index is 1.82. The first-order valence-electron chi connectivity index (χ1n) is 9.09. The summed E-state index contributed by atoms with van der Waals surface area (Å²) < 4.78 is 5.97. The molecule has 4 rings (SSSR count). The predicted molar refractivity (Wildman–Crippen MR) is 112 cm³/mol. The molecule has 3 nitrogen and oxygen atoms in total. The van der Waals surface area contributed by atoms with E-state index in [1.54, 1.807) is 0 Å². The minimum absolute atomic E-state index is 0.171. The number of halogens is 2. The minimum atomic E-state index is -0.208. The highest BCUT2D eigenvalue weighted by molar-refractivity contribution is 6.30. The molecule has 1 aliphatic carbocycles. The molecule has 0 radical (unpaired) electrons. The van der Waals surface area contributed by atoms with Crippen molar-refractivity contribution in [2.75, 3.05) is 0 Å². The molecular formula is C23H18Cl2N2O. The lowest BCUT2D eigenvalue weighted by molar-refractivity contribution is 0.277. The van der Waals surface area contributed by atoms with Crippen LogP contribution in [0.25, 0.3) is 6.08 Å². The number of nitriles is 1. The molecule has 2 N–H and O–H groups in total. The third-order valence-corrected chi connectivity index (χ3v) is 5.63. The molecule has 2 aromatic carbocycles. The van der Waals surface area contributed by atoms with Crippen LogP contribution >= 0.6 is 23.2 Å². The van der Waals surface area contributed by atoms with Gasteiger partial charge in [-0.3, -0.25) is 0 Å². The number of ether oxygens (including phenoxy) is 1. The second kappa shape index (κ2) is 7.75. The number of hydrogen-bond acceptors (Lipinski definition) is 3. The van der Waals surface area contributed by atoms with E-state index in [0.717, 1.165) is 47.3 Å². The van der Waals surface area contributed by atoms with Gasteiger partial charge in [-0.05, 0) is 71.9 Å². The maximum atomic E-state index is 9.72. The van der Waals surface area contributed by atoms with Gasteiger partial charge in [0.25, 0.3) is 0 Å². The topological polar surface area (TPSA) is 59.0 Å². The Kier molecular flexibility index (Phi) is 5.17. The van der Waals surface area contributed by atoms with E-state index in [2.05, 4.69) is 12.1 Å². The molecule has 28 heavy (non-hydrogen) atoms. The maximum absolute atomic E-state index is 9.72. The minimum Gasteiger partial charge on any atom is -0.440 e. The molecular weight excluding hydrogens is 391 g/mol. The van der Waals surface area contributed by atoms with Crippen molar-refractivity contribution in [1.29, 1.82) is 5.26 Å². The van der Waals surface area contributed by atoms with E-state index in [1.165, 1.54) is 0 Å². The van der Waals surface area contributed by atoms with Crippen LogP contribution in [0.3, 0.4) is 0 Å². The van der Waals surface area contributed by atoms with Gasteiger partial charge in [0.15, 0.2) is 0 Å². The number of rotatable bonds is 2. The lowest BCUT2D eigenvalue weighted by Gasteiger charge is -2.33. The molecule has 2 aliphatic rings. The fourth-order valence-corrected chi connectivity index (χ4v) is 4.08. The summed E-state index contributed by atoms with van der Waals surface area (Å²) in [6, 6.07) is 17.5. The zero-order chi connectivity index (χ0) is 19.7. The fourth-order valence-electron chi connectivity index (χ4n) is 3.83. The summed E-state index contributed by atoms with van der Waals surface area (Å²) >= 11 is 12.1. The molecule has 0 fully saturated rings. The van der Waals surface area contributed by atoms with Crippen molar-refractivity contribution < 1.29 is 4.74 Å². The molecule has 2 aromatic rings. The number of benzene rings is 2. The van der Waals surface area contributed by atoms with Crippen LogP contribution in [0, 0.1) is 11.3 Å².